The number of ether oxygens (including phenoxy) is 1. The van der Waals surface area contributed by atoms with Crippen molar-refractivity contribution in [1.82, 2.24) is 9.47 Å². The van der Waals surface area contributed by atoms with Crippen LogP contribution in [-0.4, -0.2) is 56.7 Å². The van der Waals surface area contributed by atoms with Gasteiger partial charge in [0, 0.05) is 28.4 Å². The molecule has 2 N–H and O–H groups in total. The predicted molar refractivity (Wildman–Crippen MR) is 108 cm³/mol. The molecule has 2 heterocycles. The lowest BCUT2D eigenvalue weighted by Gasteiger charge is -2.40. The summed E-state index contributed by atoms with van der Waals surface area (Å²) in [6, 6.07) is 7.55. The molecule has 3 aromatic rings. The molecule has 1 amide bonds. The number of amides is 1. The Morgan fingerprint density at radius 2 is 1.53 bits per heavy atom. The molecule has 4 rings (SSSR count). The molecule has 160 valence electrons. The van der Waals surface area contributed by atoms with Crippen molar-refractivity contribution in [3.63, 3.8) is 0 Å². The molecular weight excluding hydrogens is 394 g/mol. The van der Waals surface area contributed by atoms with Crippen LogP contribution in [0.1, 0.15) is 26.8 Å². The first-order chi connectivity index (χ1) is 14.0. The van der Waals surface area contributed by atoms with Gasteiger partial charge in [0.25, 0.3) is 0 Å². The number of fused-ring (bicyclic) bond motifs is 3. The summed E-state index contributed by atoms with van der Waals surface area (Å²) in [5.74, 6) is -0.934. The molecular formula is C22H24F2N2O4. The molecule has 0 spiro atoms. The van der Waals surface area contributed by atoms with E-state index in [2.05, 4.69) is 0 Å². The second kappa shape index (κ2) is 7.21. The van der Waals surface area contributed by atoms with Gasteiger partial charge in [-0.3, -0.25) is 0 Å². The number of hydrogen-bond acceptors (Lipinski definition) is 4. The van der Waals surface area contributed by atoms with Crippen molar-refractivity contribution >= 4 is 27.9 Å². The van der Waals surface area contributed by atoms with Crippen LogP contribution in [0.2, 0.25) is 0 Å². The Morgan fingerprint density at radius 3 is 2.03 bits per heavy atom. The van der Waals surface area contributed by atoms with Gasteiger partial charge in [0.15, 0.2) is 0 Å². The topological polar surface area (TPSA) is 74.9 Å². The molecule has 1 saturated heterocycles. The number of piperidine rings is 1. The number of hydrogen-bond donors (Lipinski definition) is 2. The smallest absolute Gasteiger partial charge is 0.410 e. The van der Waals surface area contributed by atoms with E-state index in [1.54, 1.807) is 37.5 Å². The van der Waals surface area contributed by atoms with Gasteiger partial charge in [0.1, 0.15) is 23.3 Å². The molecule has 0 unspecified atom stereocenters. The summed E-state index contributed by atoms with van der Waals surface area (Å²) in [5, 5.41) is 22.2. The molecule has 0 radical (unpaired) electrons. The standard InChI is InChI=1S/C22H24F2N2O4/c1-22(2,3)30-21(29)25-10-18(20(28)19(27)11-25)26-16-6-4-12(23)8-14(16)15-9-13(24)5-7-17(15)26/h4-9,18-20,27-28H,10-11H2,1-3H3/t18-,19-,20-/m0/s1. The number of carbonyl (C=O) groups excluding carboxylic acids is 1. The van der Waals surface area contributed by atoms with E-state index in [1.165, 1.54) is 29.2 Å². The minimum Gasteiger partial charge on any atom is -0.444 e. The second-order valence-corrected chi connectivity index (χ2v) is 8.70. The van der Waals surface area contributed by atoms with E-state index >= 15 is 0 Å². The van der Waals surface area contributed by atoms with E-state index in [9.17, 15) is 23.8 Å². The van der Waals surface area contributed by atoms with Crippen LogP contribution in [-0.2, 0) is 4.74 Å². The van der Waals surface area contributed by atoms with Gasteiger partial charge in [-0.2, -0.15) is 0 Å². The van der Waals surface area contributed by atoms with E-state index in [0.29, 0.717) is 21.8 Å². The normalized spacial score (nSPS) is 22.6. The third-order valence-electron chi connectivity index (χ3n) is 5.31. The average molecular weight is 418 g/mol. The number of halogens is 2. The number of benzene rings is 2. The molecule has 0 saturated carbocycles. The van der Waals surface area contributed by atoms with E-state index in [-0.39, 0.29) is 13.1 Å². The third kappa shape index (κ3) is 3.61. The summed E-state index contributed by atoms with van der Waals surface area (Å²) in [7, 11) is 0. The zero-order valence-electron chi connectivity index (χ0n) is 17.0. The largest absolute Gasteiger partial charge is 0.444 e. The van der Waals surface area contributed by atoms with Crippen LogP contribution in [0.4, 0.5) is 13.6 Å². The number of aliphatic hydroxyl groups is 2. The van der Waals surface area contributed by atoms with Gasteiger partial charge in [-0.1, -0.05) is 0 Å². The molecule has 1 aliphatic rings. The molecule has 30 heavy (non-hydrogen) atoms. The fourth-order valence-corrected chi connectivity index (χ4v) is 4.06. The number of aliphatic hydroxyl groups excluding tert-OH is 2. The molecule has 0 aliphatic carbocycles. The molecule has 2 aromatic carbocycles. The van der Waals surface area contributed by atoms with Gasteiger partial charge in [-0.05, 0) is 57.2 Å². The maximum atomic E-state index is 13.9. The maximum Gasteiger partial charge on any atom is 0.410 e. The minimum atomic E-state index is -1.20. The molecule has 1 aromatic heterocycles. The first kappa shape index (κ1) is 20.6. The van der Waals surface area contributed by atoms with E-state index in [4.69, 9.17) is 4.74 Å². The van der Waals surface area contributed by atoms with E-state index in [1.807, 2.05) is 0 Å². The van der Waals surface area contributed by atoms with Crippen LogP contribution >= 0.6 is 0 Å². The lowest BCUT2D eigenvalue weighted by atomic mass is 9.99. The summed E-state index contributed by atoms with van der Waals surface area (Å²) in [4.78, 5) is 13.9. The van der Waals surface area contributed by atoms with Gasteiger partial charge in [0.2, 0.25) is 0 Å². The minimum absolute atomic E-state index is 0.0702. The van der Waals surface area contributed by atoms with E-state index in [0.717, 1.165) is 0 Å². The molecule has 0 bridgehead atoms. The van der Waals surface area contributed by atoms with Crippen LogP contribution < -0.4 is 0 Å². The third-order valence-corrected chi connectivity index (χ3v) is 5.31. The second-order valence-electron chi connectivity index (χ2n) is 8.70. The lowest BCUT2D eigenvalue weighted by Crippen LogP contribution is -2.55. The molecule has 1 fully saturated rings. The summed E-state index contributed by atoms with van der Waals surface area (Å²) in [6.07, 6.45) is -2.99. The highest BCUT2D eigenvalue weighted by molar-refractivity contribution is 6.08. The Balaban J connectivity index is 1.84. The van der Waals surface area contributed by atoms with Crippen LogP contribution in [0.25, 0.3) is 21.8 Å². The quantitative estimate of drug-likeness (QED) is 0.634. The summed E-state index contributed by atoms with van der Waals surface area (Å²) in [6.45, 7) is 5.22. The lowest BCUT2D eigenvalue weighted by molar-refractivity contribution is -0.0704. The van der Waals surface area contributed by atoms with Crippen LogP contribution in [0.3, 0.4) is 0 Å². The van der Waals surface area contributed by atoms with Crippen molar-refractivity contribution in [2.75, 3.05) is 13.1 Å². The Kier molecular flexibility index (Phi) is 4.94. The predicted octanol–water partition coefficient (Wildman–Crippen LogP) is 3.59. The summed E-state index contributed by atoms with van der Waals surface area (Å²) >= 11 is 0. The average Bonchev–Trinajstić information content (AvgIpc) is 2.95. The number of likely N-dealkylation sites (tertiary alicyclic amines) is 1. The van der Waals surface area contributed by atoms with Crippen LogP contribution in [0.5, 0.6) is 0 Å². The van der Waals surface area contributed by atoms with Crippen molar-refractivity contribution in [2.24, 2.45) is 0 Å². The van der Waals surface area contributed by atoms with Crippen molar-refractivity contribution in [1.29, 1.82) is 0 Å². The van der Waals surface area contributed by atoms with Gasteiger partial charge in [0.05, 0.1) is 18.7 Å². The van der Waals surface area contributed by atoms with Crippen LogP contribution in [0.15, 0.2) is 36.4 Å². The van der Waals surface area contributed by atoms with Gasteiger partial charge in [-0.25, -0.2) is 13.6 Å². The Labute approximate surface area is 172 Å². The fourth-order valence-electron chi connectivity index (χ4n) is 4.06. The number of nitrogens with zero attached hydrogens (tertiary/aromatic N) is 2. The monoisotopic (exact) mass is 418 g/mol. The van der Waals surface area contributed by atoms with Gasteiger partial charge < -0.3 is 24.4 Å². The van der Waals surface area contributed by atoms with Crippen molar-refractivity contribution in [3.05, 3.63) is 48.0 Å². The SMILES string of the molecule is CC(C)(C)OC(=O)N1C[C@H](O)[C@@H](O)[C@@H](n2c3ccc(F)cc3c3cc(F)ccc32)C1. The van der Waals surface area contributed by atoms with Crippen LogP contribution in [0, 0.1) is 11.6 Å². The molecule has 1 aliphatic heterocycles. The Bertz CT molecular complexity index is 1060. The molecule has 3 atom stereocenters. The van der Waals surface area contributed by atoms with E-state index < -0.39 is 41.6 Å². The highest BCUT2D eigenvalue weighted by atomic mass is 19.1. The zero-order chi connectivity index (χ0) is 21.8. The highest BCUT2D eigenvalue weighted by Gasteiger charge is 2.40. The van der Waals surface area contributed by atoms with Crippen molar-refractivity contribution in [2.45, 2.75) is 44.6 Å². The van der Waals surface area contributed by atoms with Crippen molar-refractivity contribution in [3.8, 4) is 0 Å². The maximum absolute atomic E-state index is 13.9. The zero-order valence-corrected chi connectivity index (χ0v) is 17.0. The first-order valence-electron chi connectivity index (χ1n) is 9.78. The number of rotatable bonds is 1. The van der Waals surface area contributed by atoms with Gasteiger partial charge >= 0.3 is 6.09 Å². The number of aromatic nitrogens is 1. The Hall–Kier alpha value is -2.71. The number of β-amino-alcohol motifs (C(OH)–C–C–N with tert-alkyl or cyclic N) is 1. The van der Waals surface area contributed by atoms with Gasteiger partial charge in [-0.15, -0.1) is 0 Å². The fraction of sp³-hybridized carbons (Fsp3) is 0.409. The summed E-state index contributed by atoms with van der Waals surface area (Å²) < 4.78 is 35.0. The molecule has 6 nitrogen and oxygen atoms in total. The highest BCUT2D eigenvalue weighted by Crippen LogP contribution is 2.36. The molecule has 8 heteroatoms. The summed E-state index contributed by atoms with van der Waals surface area (Å²) in [5.41, 5.74) is 0.425. The van der Waals surface area contributed by atoms with Crippen molar-refractivity contribution < 1.29 is 28.5 Å². The first-order valence-corrected chi connectivity index (χ1v) is 9.78. The Morgan fingerprint density at radius 1 is 1.00 bits per heavy atom. The number of carbonyl (C=O) groups is 1.